The first-order valence-electron chi connectivity index (χ1n) is 12.3. The molecule has 0 radical (unpaired) electrons. The van der Waals surface area contributed by atoms with E-state index < -0.39 is 0 Å². The number of fused-ring (bicyclic) bond motifs is 1. The molecular weight excluding hydrogens is 420 g/mol. The van der Waals surface area contributed by atoms with Crippen LogP contribution in [0.15, 0.2) is 77.4 Å². The third kappa shape index (κ3) is 4.72. The molecule has 1 N–H and O–H groups in total. The van der Waals surface area contributed by atoms with E-state index in [1.54, 1.807) is 6.26 Å². The largest absolute Gasteiger partial charge is 0.469 e. The highest BCUT2D eigenvalue weighted by atomic mass is 16.3. The molecule has 0 unspecified atom stereocenters. The van der Waals surface area contributed by atoms with E-state index in [2.05, 4.69) is 59.3 Å². The third-order valence-corrected chi connectivity index (χ3v) is 6.75. The number of benzene rings is 2. The van der Waals surface area contributed by atoms with Crippen molar-refractivity contribution in [2.24, 2.45) is 0 Å². The van der Waals surface area contributed by atoms with Crippen LogP contribution in [0.1, 0.15) is 59.1 Å². The number of nitrogens with one attached hydrogen (secondary N) is 1. The van der Waals surface area contributed by atoms with E-state index in [9.17, 15) is 4.79 Å². The Balaban J connectivity index is 1.42. The second-order valence-corrected chi connectivity index (χ2v) is 9.47. The average Bonchev–Trinajstić information content (AvgIpc) is 3.41. The van der Waals surface area contributed by atoms with Crippen molar-refractivity contribution in [2.45, 2.75) is 58.4 Å². The Hall–Kier alpha value is -3.53. The van der Waals surface area contributed by atoms with Crippen LogP contribution < -0.4 is 5.32 Å². The Labute approximate surface area is 201 Å². The summed E-state index contributed by atoms with van der Waals surface area (Å²) in [5.41, 5.74) is 8.38. The fraction of sp³-hybridized carbons (Fsp3) is 0.300. The molecule has 0 bridgehead atoms. The van der Waals surface area contributed by atoms with Crippen molar-refractivity contribution in [3.63, 3.8) is 0 Å². The van der Waals surface area contributed by atoms with E-state index in [1.807, 2.05) is 31.2 Å². The summed E-state index contributed by atoms with van der Waals surface area (Å²) in [7, 11) is 0. The highest BCUT2D eigenvalue weighted by Crippen LogP contribution is 2.33. The van der Waals surface area contributed by atoms with Gasteiger partial charge < -0.3 is 14.3 Å². The minimum absolute atomic E-state index is 0.00770. The molecule has 0 saturated carbocycles. The summed E-state index contributed by atoms with van der Waals surface area (Å²) in [6.45, 7) is 4.12. The summed E-state index contributed by atoms with van der Waals surface area (Å²) in [4.78, 5) is 12.8. The van der Waals surface area contributed by atoms with Crippen LogP contribution in [0.3, 0.4) is 0 Å². The van der Waals surface area contributed by atoms with Crippen molar-refractivity contribution >= 4 is 5.91 Å². The molecule has 5 rings (SSSR count). The van der Waals surface area contributed by atoms with Crippen molar-refractivity contribution in [2.75, 3.05) is 0 Å². The molecule has 2 aromatic heterocycles. The minimum Gasteiger partial charge on any atom is -0.469 e. The lowest BCUT2D eigenvalue weighted by molar-refractivity contribution is 0.0939. The lowest BCUT2D eigenvalue weighted by Crippen LogP contribution is -2.33. The van der Waals surface area contributed by atoms with Crippen molar-refractivity contribution < 1.29 is 9.21 Å². The first kappa shape index (κ1) is 22.3. The zero-order chi connectivity index (χ0) is 23.5. The topological polar surface area (TPSA) is 47.2 Å². The molecule has 1 amide bonds. The van der Waals surface area contributed by atoms with E-state index in [4.69, 9.17) is 4.42 Å². The number of aromatic nitrogens is 1. The summed E-state index contributed by atoms with van der Waals surface area (Å²) >= 11 is 0. The van der Waals surface area contributed by atoms with Gasteiger partial charge >= 0.3 is 0 Å². The van der Waals surface area contributed by atoms with Gasteiger partial charge in [-0.05, 0) is 93.1 Å². The monoisotopic (exact) mass is 452 g/mol. The number of aryl methyl sites for hydroxylation is 2. The zero-order valence-corrected chi connectivity index (χ0v) is 20.0. The molecule has 4 aromatic rings. The number of amides is 1. The standard InChI is InChI=1S/C30H32N2O2/c1-21-10-12-23(13-11-21)29-20-25-7-4-3-5-9-28(25)32(29)26-16-14-24(15-17-26)30(33)31-22(2)19-27-8-6-18-34-27/h6,8,10-18,20,22H,3-5,7,9,19H2,1-2H3,(H,31,33)/t22-/m0/s1. The molecule has 4 nitrogen and oxygen atoms in total. The van der Waals surface area contributed by atoms with E-state index in [0.29, 0.717) is 12.0 Å². The molecule has 0 saturated heterocycles. The molecule has 0 fully saturated rings. The number of hydrogen-bond donors (Lipinski definition) is 1. The molecule has 1 aliphatic rings. The zero-order valence-electron chi connectivity index (χ0n) is 20.0. The van der Waals surface area contributed by atoms with Gasteiger partial charge in [0.15, 0.2) is 0 Å². The number of nitrogens with zero attached hydrogens (tertiary/aromatic N) is 1. The highest BCUT2D eigenvalue weighted by molar-refractivity contribution is 5.94. The van der Waals surface area contributed by atoms with Gasteiger partial charge in [0, 0.05) is 29.4 Å². The second-order valence-electron chi connectivity index (χ2n) is 9.47. The summed E-state index contributed by atoms with van der Waals surface area (Å²) in [5.74, 6) is 0.816. The van der Waals surface area contributed by atoms with Crippen LogP contribution in [0.2, 0.25) is 0 Å². The van der Waals surface area contributed by atoms with Crippen LogP contribution in [0.4, 0.5) is 0 Å². The lowest BCUT2D eigenvalue weighted by Gasteiger charge is -2.16. The van der Waals surface area contributed by atoms with Crippen LogP contribution in [-0.4, -0.2) is 16.5 Å². The number of rotatable bonds is 6. The number of carbonyl (C=O) groups is 1. The SMILES string of the molecule is Cc1ccc(-c2cc3c(n2-c2ccc(C(=O)N[C@@H](C)Cc4ccco4)cc2)CCCCC3)cc1. The molecule has 4 heteroatoms. The Morgan fingerprint density at radius 1 is 1.00 bits per heavy atom. The van der Waals surface area contributed by atoms with Crippen LogP contribution in [0, 0.1) is 6.92 Å². The van der Waals surface area contributed by atoms with Gasteiger partial charge in [-0.1, -0.05) is 36.2 Å². The van der Waals surface area contributed by atoms with Crippen molar-refractivity contribution in [1.29, 1.82) is 0 Å². The molecule has 2 aromatic carbocycles. The molecule has 174 valence electrons. The molecular formula is C30H32N2O2. The maximum absolute atomic E-state index is 12.8. The third-order valence-electron chi connectivity index (χ3n) is 6.75. The normalized spacial score (nSPS) is 14.3. The maximum Gasteiger partial charge on any atom is 0.251 e. The average molecular weight is 453 g/mol. The van der Waals surface area contributed by atoms with E-state index in [-0.39, 0.29) is 11.9 Å². The van der Waals surface area contributed by atoms with Gasteiger partial charge in [-0.25, -0.2) is 0 Å². The van der Waals surface area contributed by atoms with Crippen LogP contribution in [-0.2, 0) is 19.3 Å². The summed E-state index contributed by atoms with van der Waals surface area (Å²) in [6.07, 6.45) is 8.31. The van der Waals surface area contributed by atoms with E-state index >= 15 is 0 Å². The van der Waals surface area contributed by atoms with Gasteiger partial charge in [-0.2, -0.15) is 0 Å². The fourth-order valence-corrected chi connectivity index (χ4v) is 4.96. The van der Waals surface area contributed by atoms with Crippen LogP contribution in [0.25, 0.3) is 16.9 Å². The first-order valence-corrected chi connectivity index (χ1v) is 12.3. The Morgan fingerprint density at radius 3 is 2.50 bits per heavy atom. The number of hydrogen-bond acceptors (Lipinski definition) is 2. The Bertz CT molecular complexity index is 1250. The fourth-order valence-electron chi connectivity index (χ4n) is 4.96. The maximum atomic E-state index is 12.8. The van der Waals surface area contributed by atoms with Crippen LogP contribution >= 0.6 is 0 Å². The Kier molecular flexibility index (Phi) is 6.39. The van der Waals surface area contributed by atoms with E-state index in [0.717, 1.165) is 24.3 Å². The Morgan fingerprint density at radius 2 is 1.76 bits per heavy atom. The summed E-state index contributed by atoms with van der Waals surface area (Å²) in [6, 6.07) is 23.0. The molecule has 2 heterocycles. The van der Waals surface area contributed by atoms with Gasteiger partial charge in [0.2, 0.25) is 0 Å². The molecule has 0 spiro atoms. The summed E-state index contributed by atoms with van der Waals surface area (Å²) < 4.78 is 7.81. The molecule has 1 aliphatic carbocycles. The smallest absolute Gasteiger partial charge is 0.251 e. The molecule has 1 atom stereocenters. The predicted octanol–water partition coefficient (Wildman–Crippen LogP) is 6.68. The highest BCUT2D eigenvalue weighted by Gasteiger charge is 2.20. The van der Waals surface area contributed by atoms with Gasteiger partial charge in [-0.3, -0.25) is 4.79 Å². The van der Waals surface area contributed by atoms with Gasteiger partial charge in [-0.15, -0.1) is 0 Å². The predicted molar refractivity (Wildman–Crippen MR) is 137 cm³/mol. The summed E-state index contributed by atoms with van der Waals surface area (Å²) in [5, 5.41) is 3.08. The van der Waals surface area contributed by atoms with Crippen molar-refractivity contribution in [3.05, 3.63) is 101 Å². The first-order chi connectivity index (χ1) is 16.6. The lowest BCUT2D eigenvalue weighted by atomic mass is 10.1. The number of carbonyl (C=O) groups excluding carboxylic acids is 1. The van der Waals surface area contributed by atoms with Gasteiger partial charge in [0.1, 0.15) is 5.76 Å². The molecule has 0 aliphatic heterocycles. The van der Waals surface area contributed by atoms with Gasteiger partial charge in [0.05, 0.1) is 12.0 Å². The van der Waals surface area contributed by atoms with Crippen LogP contribution in [0.5, 0.6) is 0 Å². The number of furan rings is 1. The second kappa shape index (κ2) is 9.76. The van der Waals surface area contributed by atoms with E-state index in [1.165, 1.54) is 47.3 Å². The molecule has 34 heavy (non-hydrogen) atoms. The van der Waals surface area contributed by atoms with Gasteiger partial charge in [0.25, 0.3) is 5.91 Å². The quantitative estimate of drug-likeness (QED) is 0.332. The minimum atomic E-state index is -0.0595. The van der Waals surface area contributed by atoms with Crippen molar-refractivity contribution in [1.82, 2.24) is 9.88 Å². The van der Waals surface area contributed by atoms with Crippen molar-refractivity contribution in [3.8, 4) is 16.9 Å².